The van der Waals surface area contributed by atoms with Gasteiger partial charge in [0.25, 0.3) is 17.4 Å². The van der Waals surface area contributed by atoms with E-state index in [1.165, 1.54) is 4.68 Å². The van der Waals surface area contributed by atoms with Gasteiger partial charge in [0.05, 0.1) is 17.0 Å². The van der Waals surface area contributed by atoms with E-state index in [1.807, 2.05) is 26.0 Å². The molecule has 1 aromatic carbocycles. The zero-order valence-corrected chi connectivity index (χ0v) is 18.3. The molecule has 3 rings (SSSR count). The summed E-state index contributed by atoms with van der Waals surface area (Å²) in [6.45, 7) is 7.34. The molecule has 0 bridgehead atoms. The Labute approximate surface area is 177 Å². The van der Waals surface area contributed by atoms with Crippen molar-refractivity contribution in [3.63, 3.8) is 0 Å². The second-order valence-electron chi connectivity index (χ2n) is 6.91. The molecular formula is C21H23N5O3S. The molecule has 8 nitrogen and oxygen atoms in total. The van der Waals surface area contributed by atoms with E-state index < -0.39 is 11.8 Å². The van der Waals surface area contributed by atoms with Gasteiger partial charge in [0, 0.05) is 12.6 Å². The Morgan fingerprint density at radius 2 is 1.67 bits per heavy atom. The summed E-state index contributed by atoms with van der Waals surface area (Å²) in [6, 6.07) is 7.16. The van der Waals surface area contributed by atoms with Crippen LogP contribution < -0.4 is 16.4 Å². The normalized spacial score (nSPS) is 10.7. The zero-order valence-electron chi connectivity index (χ0n) is 17.5. The van der Waals surface area contributed by atoms with Crippen LogP contribution in [0.2, 0.25) is 0 Å². The molecule has 0 aliphatic heterocycles. The average molecular weight is 426 g/mol. The smallest absolute Gasteiger partial charge is 0.267 e. The molecule has 0 aliphatic carbocycles. The van der Waals surface area contributed by atoms with E-state index in [4.69, 9.17) is 0 Å². The lowest BCUT2D eigenvalue weighted by Gasteiger charge is -2.07. The van der Waals surface area contributed by atoms with Gasteiger partial charge in [0.2, 0.25) is 0 Å². The maximum absolute atomic E-state index is 12.6. The van der Waals surface area contributed by atoms with Gasteiger partial charge in [-0.3, -0.25) is 25.2 Å². The average Bonchev–Trinajstić information content (AvgIpc) is 3.11. The van der Waals surface area contributed by atoms with Gasteiger partial charge in [-0.1, -0.05) is 19.1 Å². The molecule has 0 saturated carbocycles. The highest BCUT2D eigenvalue weighted by atomic mass is 32.1. The minimum atomic E-state index is -0.491. The van der Waals surface area contributed by atoms with E-state index in [9.17, 15) is 14.4 Å². The topological polar surface area (TPSA) is 106 Å². The number of rotatable bonds is 4. The van der Waals surface area contributed by atoms with E-state index in [0.717, 1.165) is 28.9 Å². The molecule has 2 heterocycles. The minimum Gasteiger partial charge on any atom is -0.267 e. The highest BCUT2D eigenvalue weighted by molar-refractivity contribution is 7.17. The van der Waals surface area contributed by atoms with Crippen LogP contribution in [0.3, 0.4) is 0 Å². The Morgan fingerprint density at radius 3 is 2.30 bits per heavy atom. The minimum absolute atomic E-state index is 0.275. The molecule has 9 heteroatoms. The van der Waals surface area contributed by atoms with Gasteiger partial charge < -0.3 is 0 Å². The summed E-state index contributed by atoms with van der Waals surface area (Å²) in [7, 11) is 1.58. The van der Waals surface area contributed by atoms with Gasteiger partial charge in [-0.2, -0.15) is 5.10 Å². The van der Waals surface area contributed by atoms with Crippen LogP contribution in [0.15, 0.2) is 29.1 Å². The molecule has 0 radical (unpaired) electrons. The van der Waals surface area contributed by atoms with E-state index in [-0.39, 0.29) is 5.56 Å². The predicted molar refractivity (Wildman–Crippen MR) is 116 cm³/mol. The molecule has 2 aromatic heterocycles. The molecule has 0 saturated heterocycles. The van der Waals surface area contributed by atoms with Gasteiger partial charge in [-0.25, -0.2) is 9.67 Å². The Kier molecular flexibility index (Phi) is 6.12. The fourth-order valence-corrected chi connectivity index (χ4v) is 4.00. The number of benzene rings is 1. The molecular weight excluding hydrogens is 402 g/mol. The van der Waals surface area contributed by atoms with Gasteiger partial charge in [-0.05, 0) is 50.5 Å². The molecule has 0 fully saturated rings. The quantitative estimate of drug-likeness (QED) is 0.625. The number of aryl methyl sites for hydroxylation is 4. The lowest BCUT2D eigenvalue weighted by molar-refractivity contribution is 0.0848. The zero-order chi connectivity index (χ0) is 22.0. The van der Waals surface area contributed by atoms with Crippen molar-refractivity contribution >= 4 is 23.2 Å². The summed E-state index contributed by atoms with van der Waals surface area (Å²) >= 11 is 1.10. The Bertz CT molecular complexity index is 1180. The standard InChI is InChI=1S/C21H23N5O3S/c1-6-14-7-9-15(10-8-14)18(27)23-24-19(28)17-13(4)22-20(30-17)16-11(2)12(3)25-26(5)21(16)29/h7-10H,6H2,1-5H3,(H,23,27)(H,24,28). The number of carbonyl (C=O) groups is 2. The monoisotopic (exact) mass is 425 g/mol. The van der Waals surface area contributed by atoms with Crippen molar-refractivity contribution in [1.82, 2.24) is 25.6 Å². The van der Waals surface area contributed by atoms with Crippen molar-refractivity contribution in [3.8, 4) is 10.6 Å². The van der Waals surface area contributed by atoms with Crippen LogP contribution in [-0.4, -0.2) is 26.6 Å². The maximum atomic E-state index is 12.6. The van der Waals surface area contributed by atoms with Crippen LogP contribution in [-0.2, 0) is 13.5 Å². The SMILES string of the molecule is CCc1ccc(C(=O)NNC(=O)c2sc(-c3c(C)c(C)nn(C)c3=O)nc2C)cc1. The number of hydrazine groups is 1. The fraction of sp³-hybridized carbons (Fsp3) is 0.286. The van der Waals surface area contributed by atoms with E-state index >= 15 is 0 Å². The van der Waals surface area contributed by atoms with Crippen LogP contribution in [0.4, 0.5) is 0 Å². The number of carbonyl (C=O) groups excluding carboxylic acids is 2. The first-order valence-corrected chi connectivity index (χ1v) is 10.3. The second kappa shape index (κ2) is 8.58. The summed E-state index contributed by atoms with van der Waals surface area (Å²) in [5.41, 5.74) is 8.47. The largest absolute Gasteiger partial charge is 0.281 e. The van der Waals surface area contributed by atoms with E-state index in [2.05, 4.69) is 20.9 Å². The molecule has 0 unspecified atom stereocenters. The van der Waals surface area contributed by atoms with Crippen molar-refractivity contribution in [2.75, 3.05) is 0 Å². The summed E-state index contributed by atoms with van der Waals surface area (Å²) in [5, 5.41) is 4.61. The van der Waals surface area contributed by atoms with Crippen LogP contribution in [0, 0.1) is 20.8 Å². The Hall–Kier alpha value is -3.33. The first kappa shape index (κ1) is 21.4. The lowest BCUT2D eigenvalue weighted by atomic mass is 10.1. The molecule has 2 amide bonds. The molecule has 0 spiro atoms. The van der Waals surface area contributed by atoms with Gasteiger partial charge >= 0.3 is 0 Å². The van der Waals surface area contributed by atoms with E-state index in [1.54, 1.807) is 33.0 Å². The first-order valence-electron chi connectivity index (χ1n) is 9.44. The number of hydrogen-bond acceptors (Lipinski definition) is 6. The fourth-order valence-electron chi connectivity index (χ4n) is 2.95. The highest BCUT2D eigenvalue weighted by Gasteiger charge is 2.21. The summed E-state index contributed by atoms with van der Waals surface area (Å²) in [6.07, 6.45) is 0.880. The number of hydrogen-bond donors (Lipinski definition) is 2. The van der Waals surface area contributed by atoms with E-state index in [0.29, 0.717) is 32.4 Å². The second-order valence-corrected chi connectivity index (χ2v) is 7.91. The third-order valence-corrected chi connectivity index (χ3v) is 6.03. The third kappa shape index (κ3) is 4.16. The number of nitrogens with one attached hydrogen (secondary N) is 2. The van der Waals surface area contributed by atoms with Crippen molar-refractivity contribution in [2.45, 2.75) is 34.1 Å². The van der Waals surface area contributed by atoms with Crippen molar-refractivity contribution in [3.05, 3.63) is 67.6 Å². The molecule has 0 aliphatic rings. The first-order chi connectivity index (χ1) is 14.2. The Morgan fingerprint density at radius 1 is 1.03 bits per heavy atom. The number of aromatic nitrogens is 3. The van der Waals surface area contributed by atoms with Crippen LogP contribution in [0.5, 0.6) is 0 Å². The molecule has 0 atom stereocenters. The lowest BCUT2D eigenvalue weighted by Crippen LogP contribution is -2.41. The maximum Gasteiger partial charge on any atom is 0.281 e. The van der Waals surface area contributed by atoms with Crippen LogP contribution >= 0.6 is 11.3 Å². The summed E-state index contributed by atoms with van der Waals surface area (Å²) < 4.78 is 1.26. The van der Waals surface area contributed by atoms with Crippen molar-refractivity contribution in [2.24, 2.45) is 7.05 Å². The third-order valence-electron chi connectivity index (χ3n) is 4.86. The summed E-state index contributed by atoms with van der Waals surface area (Å²) in [5.74, 6) is -0.905. The highest BCUT2D eigenvalue weighted by Crippen LogP contribution is 2.28. The van der Waals surface area contributed by atoms with Gasteiger partial charge in [0.15, 0.2) is 0 Å². The molecule has 30 heavy (non-hydrogen) atoms. The molecule has 2 N–H and O–H groups in total. The Balaban J connectivity index is 1.79. The number of thiazole rings is 1. The molecule has 156 valence electrons. The van der Waals surface area contributed by atoms with Gasteiger partial charge in [0.1, 0.15) is 9.88 Å². The predicted octanol–water partition coefficient (Wildman–Crippen LogP) is 2.47. The van der Waals surface area contributed by atoms with Crippen LogP contribution in [0.1, 0.15) is 49.5 Å². The molecule has 3 aromatic rings. The van der Waals surface area contributed by atoms with Crippen LogP contribution in [0.25, 0.3) is 10.6 Å². The number of nitrogens with zero attached hydrogens (tertiary/aromatic N) is 3. The van der Waals surface area contributed by atoms with Gasteiger partial charge in [-0.15, -0.1) is 11.3 Å². The van der Waals surface area contributed by atoms with Crippen molar-refractivity contribution < 1.29 is 9.59 Å². The summed E-state index contributed by atoms with van der Waals surface area (Å²) in [4.78, 5) is 42.2. The van der Waals surface area contributed by atoms with Crippen molar-refractivity contribution in [1.29, 1.82) is 0 Å². The number of amides is 2.